The molecule has 6 heteroatoms. The second-order valence-electron chi connectivity index (χ2n) is 6.84. The summed E-state index contributed by atoms with van der Waals surface area (Å²) in [5.41, 5.74) is 0.537. The van der Waals surface area contributed by atoms with Gasteiger partial charge < -0.3 is 9.80 Å². The van der Waals surface area contributed by atoms with Crippen molar-refractivity contribution in [3.8, 4) is 0 Å². The number of hydrogen-bond acceptors (Lipinski definition) is 5. The Balaban J connectivity index is 1.54. The third-order valence-electron chi connectivity index (χ3n) is 5.01. The molecule has 24 heavy (non-hydrogen) atoms. The molecular formula is C18H26N4O2. The monoisotopic (exact) mass is 330 g/mol. The van der Waals surface area contributed by atoms with E-state index in [9.17, 15) is 9.59 Å². The predicted molar refractivity (Wildman–Crippen MR) is 91.8 cm³/mol. The van der Waals surface area contributed by atoms with E-state index in [0.717, 1.165) is 45.6 Å². The number of carbonyl (C=O) groups is 2. The largest absolute Gasteiger partial charge is 0.339 e. The molecule has 2 saturated heterocycles. The van der Waals surface area contributed by atoms with E-state index in [2.05, 4.69) is 21.8 Å². The van der Waals surface area contributed by atoms with Gasteiger partial charge in [0.05, 0.1) is 6.54 Å². The minimum atomic E-state index is -0.0473. The van der Waals surface area contributed by atoms with Crippen molar-refractivity contribution in [1.29, 1.82) is 0 Å². The Hall–Kier alpha value is -1.79. The number of nitrogens with zero attached hydrogens (tertiary/aromatic N) is 4. The number of aromatic nitrogens is 1. The Morgan fingerprint density at radius 3 is 2.67 bits per heavy atom. The summed E-state index contributed by atoms with van der Waals surface area (Å²) in [4.78, 5) is 35.6. The van der Waals surface area contributed by atoms with Crippen LogP contribution in [0.2, 0.25) is 0 Å². The SMILES string of the molecule is CN1CCN(C(=O)CN2CCC[C@@H](C(=O)c3ccccn3)C2)CC1. The fourth-order valence-electron chi connectivity index (χ4n) is 3.48. The molecule has 0 spiro atoms. The molecule has 2 aliphatic rings. The van der Waals surface area contributed by atoms with Gasteiger partial charge in [-0.2, -0.15) is 0 Å². The van der Waals surface area contributed by atoms with Gasteiger partial charge in [-0.15, -0.1) is 0 Å². The first kappa shape index (κ1) is 17.0. The highest BCUT2D eigenvalue weighted by atomic mass is 16.2. The Labute approximate surface area is 143 Å². The molecule has 1 aromatic rings. The summed E-state index contributed by atoms with van der Waals surface area (Å²) in [5.74, 6) is 0.246. The molecule has 2 fully saturated rings. The lowest BCUT2D eigenvalue weighted by atomic mass is 9.92. The van der Waals surface area contributed by atoms with Crippen LogP contribution in [0.5, 0.6) is 0 Å². The van der Waals surface area contributed by atoms with Gasteiger partial charge >= 0.3 is 0 Å². The number of piperidine rings is 1. The molecular weight excluding hydrogens is 304 g/mol. The molecule has 0 N–H and O–H groups in total. The number of piperazine rings is 1. The first-order chi connectivity index (χ1) is 11.6. The molecule has 2 aliphatic heterocycles. The zero-order valence-electron chi connectivity index (χ0n) is 14.4. The van der Waals surface area contributed by atoms with Gasteiger partial charge in [0.15, 0.2) is 5.78 Å². The third kappa shape index (κ3) is 4.19. The maximum Gasteiger partial charge on any atom is 0.236 e. The van der Waals surface area contributed by atoms with Crippen LogP contribution in [0.25, 0.3) is 0 Å². The third-order valence-corrected chi connectivity index (χ3v) is 5.01. The predicted octanol–water partition coefficient (Wildman–Crippen LogP) is 0.750. The van der Waals surface area contributed by atoms with Crippen LogP contribution in [-0.2, 0) is 4.79 Å². The standard InChI is InChI=1S/C18H26N4O2/c1-20-9-11-22(12-10-20)17(23)14-21-8-4-5-15(13-21)18(24)16-6-2-3-7-19-16/h2-3,6-7,15H,4-5,8-14H2,1H3/t15-/m1/s1. The van der Waals surface area contributed by atoms with Crippen molar-refractivity contribution in [2.75, 3.05) is 52.9 Å². The molecule has 0 aromatic carbocycles. The molecule has 0 saturated carbocycles. The fraction of sp³-hybridized carbons (Fsp3) is 0.611. The molecule has 1 aromatic heterocycles. The number of pyridine rings is 1. The quantitative estimate of drug-likeness (QED) is 0.763. The molecule has 0 aliphatic carbocycles. The van der Waals surface area contributed by atoms with Gasteiger partial charge in [0.2, 0.25) is 5.91 Å². The van der Waals surface area contributed by atoms with Crippen LogP contribution in [0, 0.1) is 5.92 Å². The van der Waals surface area contributed by atoms with Crippen molar-refractivity contribution < 1.29 is 9.59 Å². The van der Waals surface area contributed by atoms with E-state index in [1.165, 1.54) is 0 Å². The van der Waals surface area contributed by atoms with E-state index >= 15 is 0 Å². The zero-order valence-corrected chi connectivity index (χ0v) is 14.4. The van der Waals surface area contributed by atoms with Crippen LogP contribution in [0.4, 0.5) is 0 Å². The lowest BCUT2D eigenvalue weighted by molar-refractivity contribution is -0.134. The molecule has 0 bridgehead atoms. The summed E-state index contributed by atoms with van der Waals surface area (Å²) >= 11 is 0. The highest BCUT2D eigenvalue weighted by molar-refractivity contribution is 5.96. The second-order valence-corrected chi connectivity index (χ2v) is 6.84. The Bertz CT molecular complexity index is 570. The fourth-order valence-corrected chi connectivity index (χ4v) is 3.48. The number of amides is 1. The zero-order chi connectivity index (χ0) is 16.9. The van der Waals surface area contributed by atoms with Crippen LogP contribution >= 0.6 is 0 Å². The smallest absolute Gasteiger partial charge is 0.236 e. The summed E-state index contributed by atoms with van der Waals surface area (Å²) < 4.78 is 0. The molecule has 0 radical (unpaired) electrons. The van der Waals surface area contributed by atoms with Crippen molar-refractivity contribution in [1.82, 2.24) is 19.7 Å². The number of ketones is 1. The van der Waals surface area contributed by atoms with E-state index in [4.69, 9.17) is 0 Å². The molecule has 1 atom stereocenters. The molecule has 6 nitrogen and oxygen atoms in total. The average molecular weight is 330 g/mol. The van der Waals surface area contributed by atoms with E-state index in [1.807, 2.05) is 17.0 Å². The number of likely N-dealkylation sites (N-methyl/N-ethyl adjacent to an activating group) is 1. The summed E-state index contributed by atoms with van der Waals surface area (Å²) in [6.45, 7) is 5.47. The van der Waals surface area contributed by atoms with Gasteiger partial charge in [0.1, 0.15) is 5.69 Å². The summed E-state index contributed by atoms with van der Waals surface area (Å²) in [6, 6.07) is 5.44. The second kappa shape index (κ2) is 7.85. The molecule has 3 heterocycles. The van der Waals surface area contributed by atoms with Gasteiger partial charge in [-0.1, -0.05) is 6.07 Å². The van der Waals surface area contributed by atoms with E-state index in [-0.39, 0.29) is 17.6 Å². The topological polar surface area (TPSA) is 56.8 Å². The molecule has 3 rings (SSSR count). The number of hydrogen-bond donors (Lipinski definition) is 0. The van der Waals surface area contributed by atoms with Gasteiger partial charge in [-0.25, -0.2) is 0 Å². The maximum absolute atomic E-state index is 12.6. The summed E-state index contributed by atoms with van der Waals surface area (Å²) in [7, 11) is 2.08. The first-order valence-electron chi connectivity index (χ1n) is 8.77. The minimum absolute atomic E-state index is 0.0473. The summed E-state index contributed by atoms with van der Waals surface area (Å²) in [6.07, 6.45) is 3.50. The Morgan fingerprint density at radius 2 is 1.96 bits per heavy atom. The van der Waals surface area contributed by atoms with Crippen LogP contribution < -0.4 is 0 Å². The normalized spacial score (nSPS) is 23.2. The van der Waals surface area contributed by atoms with Gasteiger partial charge in [0.25, 0.3) is 0 Å². The van der Waals surface area contributed by atoms with Gasteiger partial charge in [0, 0.05) is 44.8 Å². The van der Waals surface area contributed by atoms with Crippen molar-refractivity contribution in [2.45, 2.75) is 12.8 Å². The van der Waals surface area contributed by atoms with E-state index < -0.39 is 0 Å². The Kier molecular flexibility index (Phi) is 5.58. The van der Waals surface area contributed by atoms with Crippen LogP contribution in [0.15, 0.2) is 24.4 Å². The average Bonchev–Trinajstić information content (AvgIpc) is 2.62. The summed E-state index contributed by atoms with van der Waals surface area (Å²) in [5, 5.41) is 0. The van der Waals surface area contributed by atoms with Crippen LogP contribution in [0.1, 0.15) is 23.3 Å². The highest BCUT2D eigenvalue weighted by Crippen LogP contribution is 2.20. The van der Waals surface area contributed by atoms with Gasteiger partial charge in [-0.05, 0) is 38.6 Å². The highest BCUT2D eigenvalue weighted by Gasteiger charge is 2.29. The maximum atomic E-state index is 12.6. The number of Topliss-reactive ketones (excluding diaryl/α,β-unsaturated/α-hetero) is 1. The number of carbonyl (C=O) groups excluding carboxylic acids is 2. The van der Waals surface area contributed by atoms with Crippen molar-refractivity contribution in [2.24, 2.45) is 5.92 Å². The van der Waals surface area contributed by atoms with E-state index in [0.29, 0.717) is 18.8 Å². The number of rotatable bonds is 4. The van der Waals surface area contributed by atoms with Crippen molar-refractivity contribution in [3.05, 3.63) is 30.1 Å². The molecule has 1 amide bonds. The van der Waals surface area contributed by atoms with Crippen molar-refractivity contribution in [3.63, 3.8) is 0 Å². The van der Waals surface area contributed by atoms with Crippen LogP contribution in [-0.4, -0.2) is 84.2 Å². The lowest BCUT2D eigenvalue weighted by Gasteiger charge is -2.36. The van der Waals surface area contributed by atoms with Gasteiger partial charge in [-0.3, -0.25) is 19.5 Å². The van der Waals surface area contributed by atoms with Crippen LogP contribution in [0.3, 0.4) is 0 Å². The Morgan fingerprint density at radius 1 is 1.17 bits per heavy atom. The van der Waals surface area contributed by atoms with Crippen molar-refractivity contribution >= 4 is 11.7 Å². The molecule has 130 valence electrons. The molecule has 0 unspecified atom stereocenters. The van der Waals surface area contributed by atoms with E-state index in [1.54, 1.807) is 12.3 Å². The lowest BCUT2D eigenvalue weighted by Crippen LogP contribution is -2.51. The first-order valence-corrected chi connectivity index (χ1v) is 8.77. The number of likely N-dealkylation sites (tertiary alicyclic amines) is 1. The minimum Gasteiger partial charge on any atom is -0.339 e.